The second-order valence-electron chi connectivity index (χ2n) is 7.53. The largest absolute Gasteiger partial charge is 0.506 e. The summed E-state index contributed by atoms with van der Waals surface area (Å²) in [4.78, 5) is 9.35. The van der Waals surface area contributed by atoms with Gasteiger partial charge < -0.3 is 20.2 Å². The van der Waals surface area contributed by atoms with Crippen LogP contribution in [-0.4, -0.2) is 75.5 Å². The maximum atomic E-state index is 12.6. The van der Waals surface area contributed by atoms with Gasteiger partial charge in [-0.15, -0.1) is 0 Å². The lowest BCUT2D eigenvalue weighted by Gasteiger charge is -2.37. The van der Waals surface area contributed by atoms with Crippen LogP contribution in [0.1, 0.15) is 12.5 Å². The number of aliphatic imine (C=N–C) groups is 1. The zero-order valence-electron chi connectivity index (χ0n) is 18.3. The van der Waals surface area contributed by atoms with Crippen molar-refractivity contribution in [3.63, 3.8) is 0 Å². The molecule has 0 unspecified atom stereocenters. The van der Waals surface area contributed by atoms with Crippen molar-refractivity contribution in [3.8, 4) is 5.75 Å². The quantitative estimate of drug-likeness (QED) is 0.522. The first-order chi connectivity index (χ1) is 14.8. The molecule has 0 aliphatic carbocycles. The molecular weight excluding hydrogens is 414 g/mol. The summed E-state index contributed by atoms with van der Waals surface area (Å²) in [5, 5.41) is 13.4. The number of phenols is 1. The van der Waals surface area contributed by atoms with Gasteiger partial charge in [0.25, 0.3) is 0 Å². The Morgan fingerprint density at radius 2 is 1.71 bits per heavy atom. The standard InChI is InChI=1S/C22H31N5O3S/c1-4-23-22(24-17-18-9-5-8-12-21(18)31(29,30)25(2)3)27-15-13-26(14-16-27)19-10-6-7-11-20(19)28/h5-12,28H,4,13-17H2,1-3H3,(H,23,24). The van der Waals surface area contributed by atoms with Crippen molar-refractivity contribution in [2.75, 3.05) is 51.7 Å². The Morgan fingerprint density at radius 3 is 2.35 bits per heavy atom. The van der Waals surface area contributed by atoms with E-state index in [4.69, 9.17) is 4.99 Å². The van der Waals surface area contributed by atoms with Gasteiger partial charge in [0.1, 0.15) is 5.75 Å². The summed E-state index contributed by atoms with van der Waals surface area (Å²) in [6.45, 7) is 6.01. The molecule has 1 fully saturated rings. The SMILES string of the molecule is CCNC(=NCc1ccccc1S(=O)(=O)N(C)C)N1CCN(c2ccccc2O)CC1. The van der Waals surface area contributed by atoms with Crippen LogP contribution in [0.2, 0.25) is 0 Å². The second-order valence-corrected chi connectivity index (χ2v) is 9.65. The second kappa shape index (κ2) is 10.0. The number of aromatic hydroxyl groups is 1. The first-order valence-electron chi connectivity index (χ1n) is 10.4. The predicted octanol–water partition coefficient (Wildman–Crippen LogP) is 1.93. The molecular formula is C22H31N5O3S. The molecule has 2 aromatic carbocycles. The molecule has 2 aromatic rings. The Kier molecular flexibility index (Phi) is 7.40. The molecule has 31 heavy (non-hydrogen) atoms. The van der Waals surface area contributed by atoms with E-state index in [-0.39, 0.29) is 17.2 Å². The number of hydrogen-bond donors (Lipinski definition) is 2. The molecule has 1 saturated heterocycles. The fraction of sp³-hybridized carbons (Fsp3) is 0.409. The van der Waals surface area contributed by atoms with Crippen molar-refractivity contribution in [1.29, 1.82) is 0 Å². The highest BCUT2D eigenvalue weighted by Crippen LogP contribution is 2.27. The number of nitrogens with one attached hydrogen (secondary N) is 1. The predicted molar refractivity (Wildman–Crippen MR) is 124 cm³/mol. The highest BCUT2D eigenvalue weighted by Gasteiger charge is 2.23. The molecule has 0 atom stereocenters. The van der Waals surface area contributed by atoms with E-state index >= 15 is 0 Å². The molecule has 8 nitrogen and oxygen atoms in total. The van der Waals surface area contributed by atoms with Gasteiger partial charge in [0.05, 0.1) is 17.1 Å². The molecule has 0 spiro atoms. The van der Waals surface area contributed by atoms with Crippen LogP contribution in [0.15, 0.2) is 58.4 Å². The highest BCUT2D eigenvalue weighted by molar-refractivity contribution is 7.89. The van der Waals surface area contributed by atoms with Crippen LogP contribution in [-0.2, 0) is 16.6 Å². The Hall–Kier alpha value is -2.78. The van der Waals surface area contributed by atoms with Crippen LogP contribution in [0.3, 0.4) is 0 Å². The van der Waals surface area contributed by atoms with Crippen molar-refractivity contribution in [2.45, 2.75) is 18.4 Å². The Bertz CT molecular complexity index is 1020. The van der Waals surface area contributed by atoms with Crippen molar-refractivity contribution in [3.05, 3.63) is 54.1 Å². The number of hydrogen-bond acceptors (Lipinski definition) is 5. The highest BCUT2D eigenvalue weighted by atomic mass is 32.2. The molecule has 1 heterocycles. The number of phenolic OH excluding ortho intramolecular Hbond substituents is 1. The van der Waals surface area contributed by atoms with E-state index in [0.29, 0.717) is 5.56 Å². The summed E-state index contributed by atoms with van der Waals surface area (Å²) < 4.78 is 26.5. The van der Waals surface area contributed by atoms with Gasteiger partial charge in [-0.2, -0.15) is 0 Å². The Balaban J connectivity index is 1.75. The van der Waals surface area contributed by atoms with Gasteiger partial charge in [-0.05, 0) is 30.7 Å². The molecule has 0 saturated carbocycles. The fourth-order valence-electron chi connectivity index (χ4n) is 3.56. The van der Waals surface area contributed by atoms with Gasteiger partial charge in [-0.3, -0.25) is 0 Å². The maximum absolute atomic E-state index is 12.6. The Labute approximate surface area is 184 Å². The van der Waals surface area contributed by atoms with E-state index in [2.05, 4.69) is 15.1 Å². The number of rotatable bonds is 6. The summed E-state index contributed by atoms with van der Waals surface area (Å²) in [6, 6.07) is 14.4. The number of guanidine groups is 1. The molecule has 0 amide bonds. The lowest BCUT2D eigenvalue weighted by Crippen LogP contribution is -2.52. The first kappa shape index (κ1) is 22.9. The smallest absolute Gasteiger partial charge is 0.242 e. The van der Waals surface area contributed by atoms with E-state index in [1.54, 1.807) is 24.3 Å². The fourth-order valence-corrected chi connectivity index (χ4v) is 4.67. The number of nitrogens with zero attached hydrogens (tertiary/aromatic N) is 4. The Morgan fingerprint density at radius 1 is 1.06 bits per heavy atom. The topological polar surface area (TPSA) is 88.5 Å². The molecule has 0 bridgehead atoms. The molecule has 1 aliphatic rings. The zero-order chi connectivity index (χ0) is 22.4. The monoisotopic (exact) mass is 445 g/mol. The van der Waals surface area contributed by atoms with Gasteiger partial charge >= 0.3 is 0 Å². The number of piperazine rings is 1. The van der Waals surface area contributed by atoms with Crippen LogP contribution < -0.4 is 10.2 Å². The van der Waals surface area contributed by atoms with E-state index in [1.807, 2.05) is 31.2 Å². The summed E-state index contributed by atoms with van der Waals surface area (Å²) in [7, 11) is -0.472. The summed E-state index contributed by atoms with van der Waals surface area (Å²) >= 11 is 0. The molecule has 3 rings (SSSR count). The summed E-state index contributed by atoms with van der Waals surface area (Å²) in [5.74, 6) is 1.05. The maximum Gasteiger partial charge on any atom is 0.242 e. The van der Waals surface area contributed by atoms with Crippen LogP contribution in [0.4, 0.5) is 5.69 Å². The number of benzene rings is 2. The van der Waals surface area contributed by atoms with Crippen LogP contribution >= 0.6 is 0 Å². The van der Waals surface area contributed by atoms with Crippen LogP contribution in [0, 0.1) is 0 Å². The van der Waals surface area contributed by atoms with E-state index < -0.39 is 10.0 Å². The lowest BCUT2D eigenvalue weighted by molar-refractivity contribution is 0.369. The third-order valence-electron chi connectivity index (χ3n) is 5.27. The van der Waals surface area contributed by atoms with Gasteiger partial charge in [0.15, 0.2) is 5.96 Å². The number of anilines is 1. The third-order valence-corrected chi connectivity index (χ3v) is 7.18. The zero-order valence-corrected chi connectivity index (χ0v) is 19.1. The van der Waals surface area contributed by atoms with E-state index in [9.17, 15) is 13.5 Å². The van der Waals surface area contributed by atoms with Crippen molar-refractivity contribution in [1.82, 2.24) is 14.5 Å². The third kappa shape index (κ3) is 5.29. The average molecular weight is 446 g/mol. The molecule has 0 radical (unpaired) electrons. The van der Waals surface area contributed by atoms with E-state index in [1.165, 1.54) is 18.4 Å². The molecule has 0 aromatic heterocycles. The van der Waals surface area contributed by atoms with Crippen LogP contribution in [0.5, 0.6) is 5.75 Å². The van der Waals surface area contributed by atoms with Gasteiger partial charge in [0.2, 0.25) is 10.0 Å². The molecule has 168 valence electrons. The lowest BCUT2D eigenvalue weighted by atomic mass is 10.2. The number of sulfonamides is 1. The minimum Gasteiger partial charge on any atom is -0.506 e. The minimum absolute atomic E-state index is 0.269. The first-order valence-corrected chi connectivity index (χ1v) is 11.8. The summed E-state index contributed by atoms with van der Waals surface area (Å²) in [6.07, 6.45) is 0. The van der Waals surface area contributed by atoms with Crippen molar-refractivity contribution < 1.29 is 13.5 Å². The van der Waals surface area contributed by atoms with Gasteiger partial charge in [-0.25, -0.2) is 17.7 Å². The van der Waals surface area contributed by atoms with Crippen LogP contribution in [0.25, 0.3) is 0 Å². The van der Waals surface area contributed by atoms with Crippen molar-refractivity contribution in [2.24, 2.45) is 4.99 Å². The van der Waals surface area contributed by atoms with Gasteiger partial charge in [0, 0.05) is 46.8 Å². The average Bonchev–Trinajstić information content (AvgIpc) is 2.77. The minimum atomic E-state index is -3.53. The molecule has 1 aliphatic heterocycles. The molecule has 2 N–H and O–H groups in total. The normalized spacial score (nSPS) is 15.4. The van der Waals surface area contributed by atoms with Crippen molar-refractivity contribution >= 4 is 21.7 Å². The summed E-state index contributed by atoms with van der Waals surface area (Å²) in [5.41, 5.74) is 1.51. The molecule has 9 heteroatoms. The van der Waals surface area contributed by atoms with Gasteiger partial charge in [-0.1, -0.05) is 30.3 Å². The van der Waals surface area contributed by atoms with E-state index in [0.717, 1.165) is 44.4 Å². The number of para-hydroxylation sites is 2.